The fourth-order valence-corrected chi connectivity index (χ4v) is 3.91. The first-order valence-corrected chi connectivity index (χ1v) is 8.34. The number of benzene rings is 1. The molecular formula is C15H21N3O3S. The van der Waals surface area contributed by atoms with Crippen molar-refractivity contribution in [3.05, 3.63) is 39.4 Å². The summed E-state index contributed by atoms with van der Waals surface area (Å²) in [4.78, 5) is 24.2. The van der Waals surface area contributed by atoms with Crippen molar-refractivity contribution in [2.45, 2.75) is 25.6 Å². The summed E-state index contributed by atoms with van der Waals surface area (Å²) in [6.45, 7) is 6.77. The summed E-state index contributed by atoms with van der Waals surface area (Å²) in [5.41, 5.74) is 5.96. The number of primary amides is 1. The number of rotatable bonds is 5. The Hall–Kier alpha value is -1.60. The van der Waals surface area contributed by atoms with E-state index >= 15 is 0 Å². The van der Waals surface area contributed by atoms with Gasteiger partial charge >= 0.3 is 0 Å². The number of amides is 1. The van der Waals surface area contributed by atoms with Gasteiger partial charge in [-0.2, -0.15) is 11.8 Å². The third-order valence-corrected chi connectivity index (χ3v) is 5.42. The minimum atomic E-state index is -0.649. The molecule has 1 fully saturated rings. The van der Waals surface area contributed by atoms with Crippen molar-refractivity contribution in [1.82, 2.24) is 4.90 Å². The second kappa shape index (κ2) is 7.11. The Bertz CT molecular complexity index is 577. The van der Waals surface area contributed by atoms with Gasteiger partial charge in [0.15, 0.2) is 0 Å². The maximum absolute atomic E-state index is 11.2. The highest BCUT2D eigenvalue weighted by Crippen LogP contribution is 2.28. The average molecular weight is 323 g/mol. The highest BCUT2D eigenvalue weighted by Gasteiger charge is 2.25. The van der Waals surface area contributed by atoms with Crippen LogP contribution in [0, 0.1) is 16.0 Å². The van der Waals surface area contributed by atoms with E-state index in [0.29, 0.717) is 23.3 Å². The zero-order valence-electron chi connectivity index (χ0n) is 12.8. The molecule has 22 heavy (non-hydrogen) atoms. The summed E-state index contributed by atoms with van der Waals surface area (Å²) in [5, 5.41) is 11.8. The molecular weight excluding hydrogens is 302 g/mol. The van der Waals surface area contributed by atoms with Gasteiger partial charge in [-0.15, -0.1) is 0 Å². The lowest BCUT2D eigenvalue weighted by atomic mass is 10.1. The minimum absolute atomic E-state index is 0.0318. The maximum Gasteiger partial charge on any atom is 0.274 e. The molecule has 1 aromatic carbocycles. The second-order valence-corrected chi connectivity index (χ2v) is 7.20. The lowest BCUT2D eigenvalue weighted by Crippen LogP contribution is -2.39. The van der Waals surface area contributed by atoms with Crippen LogP contribution in [-0.4, -0.2) is 39.8 Å². The number of thioether (sulfide) groups is 1. The first-order valence-electron chi connectivity index (χ1n) is 7.29. The molecule has 1 amide bonds. The number of nitrogens with zero attached hydrogens (tertiary/aromatic N) is 2. The number of hydrogen-bond acceptors (Lipinski definition) is 5. The van der Waals surface area contributed by atoms with Gasteiger partial charge in [0.25, 0.3) is 5.69 Å². The van der Waals surface area contributed by atoms with Crippen molar-refractivity contribution < 1.29 is 9.72 Å². The van der Waals surface area contributed by atoms with Crippen molar-refractivity contribution in [3.8, 4) is 0 Å². The molecule has 2 rings (SSSR count). The van der Waals surface area contributed by atoms with Gasteiger partial charge in [0.1, 0.15) is 0 Å². The Kier molecular flexibility index (Phi) is 5.42. The Morgan fingerprint density at radius 2 is 2.27 bits per heavy atom. The second-order valence-electron chi connectivity index (χ2n) is 5.85. The average Bonchev–Trinajstić information content (AvgIpc) is 2.47. The summed E-state index contributed by atoms with van der Waals surface area (Å²) < 4.78 is 0. The predicted molar refractivity (Wildman–Crippen MR) is 88.0 cm³/mol. The van der Waals surface area contributed by atoms with Gasteiger partial charge in [0, 0.05) is 47.8 Å². The van der Waals surface area contributed by atoms with E-state index in [0.717, 1.165) is 18.8 Å². The number of carbonyl (C=O) groups excluding carboxylic acids is 1. The van der Waals surface area contributed by atoms with Crippen LogP contribution in [0.3, 0.4) is 0 Å². The zero-order chi connectivity index (χ0) is 16.3. The fraction of sp³-hybridized carbons (Fsp3) is 0.533. The summed E-state index contributed by atoms with van der Waals surface area (Å²) in [7, 11) is 0. The summed E-state index contributed by atoms with van der Waals surface area (Å²) >= 11 is 1.97. The normalized spacial score (nSPS) is 19.3. The van der Waals surface area contributed by atoms with Crippen LogP contribution in [0.15, 0.2) is 18.2 Å². The number of nitro benzene ring substituents is 1. The van der Waals surface area contributed by atoms with Crippen LogP contribution in [0.2, 0.25) is 0 Å². The molecule has 1 saturated heterocycles. The molecule has 7 heteroatoms. The highest BCUT2D eigenvalue weighted by molar-refractivity contribution is 8.00. The van der Waals surface area contributed by atoms with Gasteiger partial charge in [0.05, 0.1) is 4.92 Å². The predicted octanol–water partition coefficient (Wildman–Crippen LogP) is 2.27. The monoisotopic (exact) mass is 323 g/mol. The van der Waals surface area contributed by atoms with Gasteiger partial charge in [-0.1, -0.05) is 19.9 Å². The van der Waals surface area contributed by atoms with Gasteiger partial charge in [-0.05, 0) is 12.0 Å². The third kappa shape index (κ3) is 3.98. The van der Waals surface area contributed by atoms with Crippen LogP contribution >= 0.6 is 11.8 Å². The lowest BCUT2D eigenvalue weighted by Gasteiger charge is -2.34. The number of hydrogen-bond donors (Lipinski definition) is 1. The topological polar surface area (TPSA) is 89.5 Å². The molecule has 0 bridgehead atoms. The van der Waals surface area contributed by atoms with Crippen molar-refractivity contribution in [1.29, 1.82) is 0 Å². The Balaban J connectivity index is 2.18. The Labute approximate surface area is 134 Å². The lowest BCUT2D eigenvalue weighted by molar-refractivity contribution is -0.385. The quantitative estimate of drug-likeness (QED) is 0.663. The van der Waals surface area contributed by atoms with Crippen LogP contribution in [0.5, 0.6) is 0 Å². The van der Waals surface area contributed by atoms with Crippen molar-refractivity contribution in [2.75, 3.05) is 18.8 Å². The van der Waals surface area contributed by atoms with E-state index in [4.69, 9.17) is 5.73 Å². The van der Waals surface area contributed by atoms with E-state index in [2.05, 4.69) is 18.7 Å². The van der Waals surface area contributed by atoms with Crippen LogP contribution in [0.25, 0.3) is 0 Å². The molecule has 6 nitrogen and oxygen atoms in total. The summed E-state index contributed by atoms with van der Waals surface area (Å²) in [6, 6.07) is 4.48. The standard InChI is InChI=1S/C15H21N3O3S/c1-10(2)14-9-17(5-6-22-14)8-12-4-3-11(15(16)19)7-13(12)18(20)21/h3-4,7,10,14H,5-6,8-9H2,1-2H3,(H2,16,19). The summed E-state index contributed by atoms with van der Waals surface area (Å²) in [5.74, 6) is 0.972. The van der Waals surface area contributed by atoms with Crippen LogP contribution in [0.4, 0.5) is 5.69 Å². The van der Waals surface area contributed by atoms with E-state index in [1.165, 1.54) is 6.07 Å². The third-order valence-electron chi connectivity index (χ3n) is 3.88. The van der Waals surface area contributed by atoms with Crippen LogP contribution in [0.1, 0.15) is 29.8 Å². The molecule has 0 radical (unpaired) electrons. The first-order chi connectivity index (χ1) is 10.4. The van der Waals surface area contributed by atoms with E-state index in [-0.39, 0.29) is 11.3 Å². The van der Waals surface area contributed by atoms with E-state index in [9.17, 15) is 14.9 Å². The van der Waals surface area contributed by atoms with Crippen LogP contribution < -0.4 is 5.73 Å². The van der Waals surface area contributed by atoms with Gasteiger partial charge in [-0.25, -0.2) is 0 Å². The summed E-state index contributed by atoms with van der Waals surface area (Å²) in [6.07, 6.45) is 0. The SMILES string of the molecule is CC(C)C1CN(Cc2ccc(C(N)=O)cc2[N+](=O)[O-])CCS1. The molecule has 1 unspecified atom stereocenters. The Morgan fingerprint density at radius 3 is 2.86 bits per heavy atom. The first kappa shape index (κ1) is 16.8. The largest absolute Gasteiger partial charge is 0.366 e. The minimum Gasteiger partial charge on any atom is -0.366 e. The van der Waals surface area contributed by atoms with Gasteiger partial charge in [-0.3, -0.25) is 19.8 Å². The number of nitrogens with two attached hydrogens (primary N) is 1. The van der Waals surface area contributed by atoms with E-state index in [1.807, 2.05) is 11.8 Å². The fourth-order valence-electron chi connectivity index (χ4n) is 2.54. The van der Waals surface area contributed by atoms with E-state index < -0.39 is 10.8 Å². The molecule has 0 saturated carbocycles. The molecule has 1 heterocycles. The van der Waals surface area contributed by atoms with Crippen molar-refractivity contribution in [2.24, 2.45) is 11.7 Å². The smallest absolute Gasteiger partial charge is 0.274 e. The molecule has 0 spiro atoms. The molecule has 1 aliphatic rings. The molecule has 2 N–H and O–H groups in total. The molecule has 0 aromatic heterocycles. The number of carbonyl (C=O) groups is 1. The van der Waals surface area contributed by atoms with Gasteiger partial charge in [0.2, 0.25) is 5.91 Å². The molecule has 1 atom stereocenters. The highest BCUT2D eigenvalue weighted by atomic mass is 32.2. The van der Waals surface area contributed by atoms with Crippen molar-refractivity contribution >= 4 is 23.4 Å². The molecule has 1 aromatic rings. The zero-order valence-corrected chi connectivity index (χ0v) is 13.6. The molecule has 0 aliphatic carbocycles. The van der Waals surface area contributed by atoms with Gasteiger partial charge < -0.3 is 5.73 Å². The van der Waals surface area contributed by atoms with Crippen molar-refractivity contribution in [3.63, 3.8) is 0 Å². The van der Waals surface area contributed by atoms with E-state index in [1.54, 1.807) is 12.1 Å². The Morgan fingerprint density at radius 1 is 1.55 bits per heavy atom. The molecule has 120 valence electrons. The van der Waals surface area contributed by atoms with Crippen LogP contribution in [-0.2, 0) is 6.54 Å². The maximum atomic E-state index is 11.2. The number of nitro groups is 1. The molecule has 1 aliphatic heterocycles.